The molecule has 0 unspecified atom stereocenters. The number of nitrogens with one attached hydrogen (secondary N) is 1. The number of anilines is 1. The van der Waals surface area contributed by atoms with E-state index in [-0.39, 0.29) is 12.5 Å². The van der Waals surface area contributed by atoms with E-state index in [1.54, 1.807) is 24.3 Å². The van der Waals surface area contributed by atoms with Gasteiger partial charge in [0.05, 0.1) is 24.5 Å². The van der Waals surface area contributed by atoms with E-state index in [4.69, 9.17) is 5.11 Å². The highest BCUT2D eigenvalue weighted by Gasteiger charge is 2.08. The highest BCUT2D eigenvalue weighted by molar-refractivity contribution is 6.99. The van der Waals surface area contributed by atoms with Crippen LogP contribution in [0.3, 0.4) is 0 Å². The summed E-state index contributed by atoms with van der Waals surface area (Å²) in [6, 6.07) is 7.00. The van der Waals surface area contributed by atoms with Gasteiger partial charge in [0.1, 0.15) is 0 Å². The Morgan fingerprint density at radius 2 is 2.38 bits per heavy atom. The summed E-state index contributed by atoms with van der Waals surface area (Å²) in [7, 11) is 0. The molecule has 6 heteroatoms. The zero-order chi connectivity index (χ0) is 11.4. The van der Waals surface area contributed by atoms with E-state index in [1.807, 2.05) is 0 Å². The Hall–Kier alpha value is -1.79. The Labute approximate surface area is 96.1 Å². The second-order valence-corrected chi connectivity index (χ2v) is 3.66. The Bertz CT molecular complexity index is 485. The van der Waals surface area contributed by atoms with Crippen LogP contribution in [0.25, 0.3) is 0 Å². The smallest absolute Gasteiger partial charge is 0.277 e. The summed E-state index contributed by atoms with van der Waals surface area (Å²) in [5.41, 5.74) is 1.66. The topological polar surface area (TPSA) is 75.1 Å². The molecular weight excluding hydrogens is 226 g/mol. The van der Waals surface area contributed by atoms with E-state index in [0.29, 0.717) is 11.4 Å². The zero-order valence-electron chi connectivity index (χ0n) is 8.25. The van der Waals surface area contributed by atoms with E-state index >= 15 is 0 Å². The van der Waals surface area contributed by atoms with Crippen LogP contribution in [-0.2, 0) is 6.61 Å². The summed E-state index contributed by atoms with van der Waals surface area (Å²) in [4.78, 5) is 11.6. The lowest BCUT2D eigenvalue weighted by Gasteiger charge is -2.04. The van der Waals surface area contributed by atoms with Gasteiger partial charge in [-0.1, -0.05) is 12.1 Å². The molecule has 2 rings (SSSR count). The van der Waals surface area contributed by atoms with Gasteiger partial charge in [-0.3, -0.25) is 4.79 Å². The summed E-state index contributed by atoms with van der Waals surface area (Å²) < 4.78 is 7.57. The first kappa shape index (κ1) is 10.7. The molecule has 0 atom stereocenters. The molecule has 1 heterocycles. The molecule has 82 valence electrons. The number of carbonyl (C=O) groups excluding carboxylic acids is 1. The van der Waals surface area contributed by atoms with Crippen LogP contribution >= 0.6 is 11.7 Å². The normalized spacial score (nSPS) is 10.1. The maximum absolute atomic E-state index is 11.6. The number of nitrogens with zero attached hydrogens (tertiary/aromatic N) is 2. The quantitative estimate of drug-likeness (QED) is 0.840. The first-order valence-corrected chi connectivity index (χ1v) is 5.31. The molecule has 0 aliphatic heterocycles. The lowest BCUT2D eigenvalue weighted by Crippen LogP contribution is -2.12. The van der Waals surface area contributed by atoms with Crippen molar-refractivity contribution in [2.75, 3.05) is 5.32 Å². The fourth-order valence-electron chi connectivity index (χ4n) is 1.21. The number of aliphatic hydroxyl groups excluding tert-OH is 1. The average molecular weight is 235 g/mol. The van der Waals surface area contributed by atoms with E-state index in [0.717, 1.165) is 17.3 Å². The molecule has 0 radical (unpaired) electrons. The molecule has 2 aromatic rings. The van der Waals surface area contributed by atoms with Crippen LogP contribution in [0, 0.1) is 0 Å². The van der Waals surface area contributed by atoms with Gasteiger partial charge < -0.3 is 10.4 Å². The van der Waals surface area contributed by atoms with Crippen LogP contribution in [0.2, 0.25) is 0 Å². The summed E-state index contributed by atoms with van der Waals surface area (Å²) in [6.07, 6.45) is 1.41. The van der Waals surface area contributed by atoms with Crippen molar-refractivity contribution >= 4 is 23.3 Å². The molecule has 0 spiro atoms. The van der Waals surface area contributed by atoms with Crippen molar-refractivity contribution in [3.8, 4) is 0 Å². The minimum Gasteiger partial charge on any atom is -0.392 e. The lowest BCUT2D eigenvalue weighted by atomic mass is 10.2. The first-order chi connectivity index (χ1) is 7.79. The summed E-state index contributed by atoms with van der Waals surface area (Å²) in [5.74, 6) is -0.302. The van der Waals surface area contributed by atoms with Crippen LogP contribution < -0.4 is 5.32 Å². The molecule has 2 N–H and O–H groups in total. The van der Waals surface area contributed by atoms with Crippen LogP contribution in [0.4, 0.5) is 5.69 Å². The Morgan fingerprint density at radius 1 is 1.50 bits per heavy atom. The first-order valence-electron chi connectivity index (χ1n) is 4.58. The largest absolute Gasteiger partial charge is 0.392 e. The van der Waals surface area contributed by atoms with Crippen LogP contribution in [0.1, 0.15) is 16.1 Å². The number of benzene rings is 1. The molecule has 0 saturated heterocycles. The van der Waals surface area contributed by atoms with Gasteiger partial charge in [-0.05, 0) is 17.7 Å². The van der Waals surface area contributed by atoms with Gasteiger partial charge in [-0.2, -0.15) is 8.75 Å². The highest BCUT2D eigenvalue weighted by atomic mass is 32.1. The SMILES string of the molecule is O=C(Nc1cccc(CO)c1)c1cnsn1. The zero-order valence-corrected chi connectivity index (χ0v) is 9.07. The maximum atomic E-state index is 11.6. The number of aromatic nitrogens is 2. The van der Waals surface area contributed by atoms with Crippen molar-refractivity contribution in [2.24, 2.45) is 0 Å². The van der Waals surface area contributed by atoms with Gasteiger partial charge in [0.15, 0.2) is 5.69 Å². The van der Waals surface area contributed by atoms with Crippen LogP contribution in [0.15, 0.2) is 30.5 Å². The number of aliphatic hydroxyl groups is 1. The average Bonchev–Trinajstić information content (AvgIpc) is 2.83. The Balaban J connectivity index is 2.12. The maximum Gasteiger partial charge on any atom is 0.277 e. The molecule has 0 aliphatic carbocycles. The van der Waals surface area contributed by atoms with Crippen molar-refractivity contribution < 1.29 is 9.90 Å². The monoisotopic (exact) mass is 235 g/mol. The molecule has 16 heavy (non-hydrogen) atoms. The molecule has 0 fully saturated rings. The Kier molecular flexibility index (Phi) is 3.23. The number of carbonyl (C=O) groups is 1. The summed E-state index contributed by atoms with van der Waals surface area (Å²) in [5, 5.41) is 11.6. The number of hydrogen-bond donors (Lipinski definition) is 2. The predicted molar refractivity (Wildman–Crippen MR) is 60.2 cm³/mol. The molecular formula is C10H9N3O2S. The van der Waals surface area contributed by atoms with Gasteiger partial charge in [0.2, 0.25) is 0 Å². The van der Waals surface area contributed by atoms with Crippen LogP contribution in [0.5, 0.6) is 0 Å². The van der Waals surface area contributed by atoms with Gasteiger partial charge in [-0.15, -0.1) is 0 Å². The molecule has 5 nitrogen and oxygen atoms in total. The van der Waals surface area contributed by atoms with Crippen molar-refractivity contribution in [2.45, 2.75) is 6.61 Å². The van der Waals surface area contributed by atoms with E-state index in [2.05, 4.69) is 14.1 Å². The standard InChI is InChI=1S/C10H9N3O2S/c14-6-7-2-1-3-8(4-7)12-10(15)9-5-11-16-13-9/h1-5,14H,6H2,(H,12,15). The second kappa shape index (κ2) is 4.82. The summed E-state index contributed by atoms with van der Waals surface area (Å²) in [6.45, 7) is -0.0536. The summed E-state index contributed by atoms with van der Waals surface area (Å²) >= 11 is 0.985. The van der Waals surface area contributed by atoms with Gasteiger partial charge >= 0.3 is 0 Å². The molecule has 1 aromatic heterocycles. The molecule has 0 saturated carbocycles. The lowest BCUT2D eigenvalue weighted by molar-refractivity contribution is 0.102. The highest BCUT2D eigenvalue weighted by Crippen LogP contribution is 2.11. The second-order valence-electron chi connectivity index (χ2n) is 3.11. The molecule has 1 aromatic carbocycles. The number of hydrogen-bond acceptors (Lipinski definition) is 5. The van der Waals surface area contributed by atoms with Crippen molar-refractivity contribution in [3.63, 3.8) is 0 Å². The molecule has 0 bridgehead atoms. The number of rotatable bonds is 3. The minimum absolute atomic E-state index is 0.0536. The fourth-order valence-corrected chi connectivity index (χ4v) is 1.62. The van der Waals surface area contributed by atoms with Crippen molar-refractivity contribution in [3.05, 3.63) is 41.7 Å². The third-order valence-corrected chi connectivity index (χ3v) is 2.44. The van der Waals surface area contributed by atoms with E-state index < -0.39 is 0 Å². The molecule has 1 amide bonds. The van der Waals surface area contributed by atoms with Crippen molar-refractivity contribution in [1.82, 2.24) is 8.75 Å². The number of amides is 1. The molecule has 0 aliphatic rings. The minimum atomic E-state index is -0.302. The van der Waals surface area contributed by atoms with E-state index in [1.165, 1.54) is 6.20 Å². The van der Waals surface area contributed by atoms with Gasteiger partial charge in [0, 0.05) is 5.69 Å². The third kappa shape index (κ3) is 2.41. The fraction of sp³-hybridized carbons (Fsp3) is 0.100. The Morgan fingerprint density at radius 3 is 3.06 bits per heavy atom. The van der Waals surface area contributed by atoms with E-state index in [9.17, 15) is 4.79 Å². The van der Waals surface area contributed by atoms with Crippen LogP contribution in [-0.4, -0.2) is 19.8 Å². The predicted octanol–water partition coefficient (Wildman–Crippen LogP) is 1.28. The van der Waals surface area contributed by atoms with Gasteiger partial charge in [-0.25, -0.2) is 0 Å². The van der Waals surface area contributed by atoms with Crippen molar-refractivity contribution in [1.29, 1.82) is 0 Å². The van der Waals surface area contributed by atoms with Gasteiger partial charge in [0.25, 0.3) is 5.91 Å². The third-order valence-electron chi connectivity index (χ3n) is 1.96.